The van der Waals surface area contributed by atoms with E-state index in [4.69, 9.17) is 21.6 Å². The molecule has 3 heterocycles. The fourth-order valence-electron chi connectivity index (χ4n) is 4.07. The summed E-state index contributed by atoms with van der Waals surface area (Å²) in [5.41, 5.74) is 6.05. The standard InChI is InChI=1S/C27H36N8O4/c1-5-17(3)31-24(37)22-32-25(34-26(33-22)39-16-27(6-2)9-10-27)35-11-7-18(8-12-35)15-38-20-13-19(23(36)29-4)14-30-21(20)28/h2,13-14,17-18H,5,7-12,15-16H2,1,3-4H3,(H2,28,30)(H,29,36)(H,31,37)/t17-/m1/s1. The van der Waals surface area contributed by atoms with Crippen molar-refractivity contribution in [2.24, 2.45) is 11.3 Å². The normalized spacial score (nSPS) is 17.0. The van der Waals surface area contributed by atoms with Crippen molar-refractivity contribution in [2.45, 2.75) is 52.0 Å². The monoisotopic (exact) mass is 536 g/mol. The molecule has 0 spiro atoms. The number of carbonyl (C=O) groups excluding carboxylic acids is 2. The van der Waals surface area contributed by atoms with Gasteiger partial charge in [-0.3, -0.25) is 9.59 Å². The molecule has 4 N–H and O–H groups in total. The van der Waals surface area contributed by atoms with Crippen molar-refractivity contribution in [1.29, 1.82) is 0 Å². The van der Waals surface area contributed by atoms with Crippen molar-refractivity contribution in [1.82, 2.24) is 30.6 Å². The van der Waals surface area contributed by atoms with Crippen molar-refractivity contribution >= 4 is 23.6 Å². The van der Waals surface area contributed by atoms with Crippen LogP contribution in [0.1, 0.15) is 66.9 Å². The van der Waals surface area contributed by atoms with Crippen molar-refractivity contribution in [3.05, 3.63) is 23.7 Å². The van der Waals surface area contributed by atoms with Gasteiger partial charge in [0.2, 0.25) is 11.8 Å². The van der Waals surface area contributed by atoms with Crippen LogP contribution in [-0.4, -0.2) is 71.1 Å². The maximum absolute atomic E-state index is 12.8. The third kappa shape index (κ3) is 7.04. The minimum absolute atomic E-state index is 0.0183. The molecule has 2 aromatic rings. The summed E-state index contributed by atoms with van der Waals surface area (Å²) in [6, 6.07) is 1.68. The molecule has 0 radical (unpaired) electrons. The molecular weight excluding hydrogens is 500 g/mol. The number of nitrogens with two attached hydrogens (primary N) is 1. The highest BCUT2D eigenvalue weighted by Crippen LogP contribution is 2.44. The van der Waals surface area contributed by atoms with Gasteiger partial charge in [-0.2, -0.15) is 15.0 Å². The fraction of sp³-hybridized carbons (Fsp3) is 0.556. The number of aromatic nitrogens is 4. The van der Waals surface area contributed by atoms with E-state index in [2.05, 4.69) is 36.5 Å². The van der Waals surface area contributed by atoms with Crippen LogP contribution in [0.3, 0.4) is 0 Å². The quantitative estimate of drug-likeness (QED) is 0.362. The Morgan fingerprint density at radius 3 is 2.62 bits per heavy atom. The molecule has 2 amide bonds. The summed E-state index contributed by atoms with van der Waals surface area (Å²) in [7, 11) is 1.55. The molecule has 12 heteroatoms. The average Bonchev–Trinajstić information content (AvgIpc) is 3.75. The highest BCUT2D eigenvalue weighted by molar-refractivity contribution is 5.94. The molecule has 208 valence electrons. The Morgan fingerprint density at radius 1 is 1.23 bits per heavy atom. The van der Waals surface area contributed by atoms with E-state index >= 15 is 0 Å². The number of carbonyl (C=O) groups is 2. The number of hydrogen-bond acceptors (Lipinski definition) is 10. The molecule has 39 heavy (non-hydrogen) atoms. The third-order valence-electron chi connectivity index (χ3n) is 7.18. The van der Waals surface area contributed by atoms with Gasteiger partial charge < -0.3 is 30.7 Å². The second kappa shape index (κ2) is 12.1. The first kappa shape index (κ1) is 27.9. The lowest BCUT2D eigenvalue weighted by Gasteiger charge is -2.32. The van der Waals surface area contributed by atoms with Crippen LogP contribution in [0.25, 0.3) is 0 Å². The van der Waals surface area contributed by atoms with E-state index in [1.54, 1.807) is 13.1 Å². The summed E-state index contributed by atoms with van der Waals surface area (Å²) in [6.07, 6.45) is 11.3. The Morgan fingerprint density at radius 2 is 1.97 bits per heavy atom. The number of terminal acetylenes is 1. The van der Waals surface area contributed by atoms with E-state index in [1.807, 2.05) is 18.7 Å². The highest BCUT2D eigenvalue weighted by atomic mass is 16.5. The highest BCUT2D eigenvalue weighted by Gasteiger charge is 2.42. The number of hydrogen-bond donors (Lipinski definition) is 3. The van der Waals surface area contributed by atoms with E-state index in [0.717, 1.165) is 32.1 Å². The first-order valence-corrected chi connectivity index (χ1v) is 13.3. The topological polar surface area (TPSA) is 157 Å². The molecule has 1 atom stereocenters. The Balaban J connectivity index is 1.41. The number of pyridine rings is 1. The molecule has 2 aliphatic rings. The van der Waals surface area contributed by atoms with Crippen LogP contribution in [0.15, 0.2) is 12.3 Å². The largest absolute Gasteiger partial charge is 0.489 e. The minimum Gasteiger partial charge on any atom is -0.489 e. The summed E-state index contributed by atoms with van der Waals surface area (Å²) >= 11 is 0. The van der Waals surface area contributed by atoms with Crippen LogP contribution in [0.4, 0.5) is 11.8 Å². The van der Waals surface area contributed by atoms with E-state index in [9.17, 15) is 9.59 Å². The van der Waals surface area contributed by atoms with Gasteiger partial charge in [0.15, 0.2) is 11.6 Å². The molecule has 1 saturated heterocycles. The number of anilines is 2. The maximum Gasteiger partial charge on any atom is 0.322 e. The Hall–Kier alpha value is -4.14. The Labute approximate surface area is 228 Å². The molecule has 0 aromatic carbocycles. The van der Waals surface area contributed by atoms with Gasteiger partial charge in [-0.15, -0.1) is 6.42 Å². The smallest absolute Gasteiger partial charge is 0.322 e. The zero-order chi connectivity index (χ0) is 28.0. The van der Waals surface area contributed by atoms with E-state index in [-0.39, 0.29) is 46.8 Å². The van der Waals surface area contributed by atoms with Crippen molar-refractivity contribution in [3.8, 4) is 24.1 Å². The first-order chi connectivity index (χ1) is 18.8. The molecule has 0 unspecified atom stereocenters. The number of nitrogen functional groups attached to an aromatic ring is 1. The van der Waals surface area contributed by atoms with Crippen LogP contribution in [0.2, 0.25) is 0 Å². The lowest BCUT2D eigenvalue weighted by molar-refractivity contribution is 0.0924. The Kier molecular flexibility index (Phi) is 8.69. The Bertz CT molecular complexity index is 1230. The van der Waals surface area contributed by atoms with Crippen LogP contribution in [0, 0.1) is 23.7 Å². The molecule has 0 bridgehead atoms. The number of nitrogens with one attached hydrogen (secondary N) is 2. The fourth-order valence-corrected chi connectivity index (χ4v) is 4.07. The van der Waals surface area contributed by atoms with Crippen molar-refractivity contribution in [3.63, 3.8) is 0 Å². The van der Waals surface area contributed by atoms with Crippen LogP contribution in [-0.2, 0) is 0 Å². The van der Waals surface area contributed by atoms with Gasteiger partial charge >= 0.3 is 6.01 Å². The van der Waals surface area contributed by atoms with Crippen LogP contribution >= 0.6 is 0 Å². The predicted molar refractivity (Wildman–Crippen MR) is 146 cm³/mol. The predicted octanol–water partition coefficient (Wildman–Crippen LogP) is 1.82. The minimum atomic E-state index is -0.371. The maximum atomic E-state index is 12.8. The number of rotatable bonds is 11. The molecule has 2 aromatic heterocycles. The second-order valence-corrected chi connectivity index (χ2v) is 10.2. The summed E-state index contributed by atoms with van der Waals surface area (Å²) < 4.78 is 11.8. The number of amides is 2. The first-order valence-electron chi connectivity index (χ1n) is 13.3. The molecule has 1 aliphatic carbocycles. The number of ether oxygens (including phenoxy) is 2. The summed E-state index contributed by atoms with van der Waals surface area (Å²) in [5, 5.41) is 5.46. The zero-order valence-corrected chi connectivity index (χ0v) is 22.7. The number of nitrogens with zero attached hydrogens (tertiary/aromatic N) is 5. The molecule has 1 saturated carbocycles. The van der Waals surface area contributed by atoms with Gasteiger partial charge in [0.25, 0.3) is 11.8 Å². The van der Waals surface area contributed by atoms with Crippen molar-refractivity contribution < 1.29 is 19.1 Å². The van der Waals surface area contributed by atoms with Gasteiger partial charge in [-0.25, -0.2) is 4.98 Å². The lowest BCUT2D eigenvalue weighted by Crippen LogP contribution is -2.38. The molecule has 4 rings (SSSR count). The molecule has 1 aliphatic heterocycles. The van der Waals surface area contributed by atoms with Gasteiger partial charge in [-0.1, -0.05) is 12.8 Å². The summed E-state index contributed by atoms with van der Waals surface area (Å²) in [5.74, 6) is 3.44. The van der Waals surface area contributed by atoms with Gasteiger partial charge in [0, 0.05) is 32.4 Å². The lowest BCUT2D eigenvalue weighted by atomic mass is 9.98. The average molecular weight is 537 g/mol. The van der Waals surface area contributed by atoms with Crippen molar-refractivity contribution in [2.75, 3.05) is 44.0 Å². The SMILES string of the molecule is C#CC1(COc2nc(C(=O)N[C@H](C)CC)nc(N3CCC(COc4cc(C(=O)NC)cnc4N)CC3)n2)CC1. The summed E-state index contributed by atoms with van der Waals surface area (Å²) in [6.45, 7) is 5.96. The van der Waals surface area contributed by atoms with E-state index < -0.39 is 0 Å². The van der Waals surface area contributed by atoms with Crippen LogP contribution in [0.5, 0.6) is 11.8 Å². The third-order valence-corrected chi connectivity index (χ3v) is 7.18. The van der Waals surface area contributed by atoms with E-state index in [1.165, 1.54) is 6.20 Å². The van der Waals surface area contributed by atoms with Gasteiger partial charge in [-0.05, 0) is 51.0 Å². The van der Waals surface area contributed by atoms with Gasteiger partial charge in [0.1, 0.15) is 6.61 Å². The van der Waals surface area contributed by atoms with Crippen LogP contribution < -0.4 is 30.7 Å². The number of piperidine rings is 1. The zero-order valence-electron chi connectivity index (χ0n) is 22.7. The summed E-state index contributed by atoms with van der Waals surface area (Å²) in [4.78, 5) is 44.1. The second-order valence-electron chi connectivity index (χ2n) is 10.2. The molecule has 12 nitrogen and oxygen atoms in total. The van der Waals surface area contributed by atoms with E-state index in [0.29, 0.717) is 43.6 Å². The molecular formula is C27H36N8O4. The molecule has 2 fully saturated rings. The van der Waals surface area contributed by atoms with Gasteiger partial charge in [0.05, 0.1) is 17.6 Å².